The Kier molecular flexibility index (Phi) is 1.49. The van der Waals surface area contributed by atoms with Crippen LogP contribution in [0, 0.1) is 11.3 Å². The summed E-state index contributed by atoms with van der Waals surface area (Å²) in [7, 11) is 0. The van der Waals surface area contributed by atoms with Crippen LogP contribution in [-0.2, 0) is 0 Å². The molecule has 1 N–H and O–H groups in total. The molecule has 5 heteroatoms. The lowest BCUT2D eigenvalue weighted by Crippen LogP contribution is -2.19. The lowest BCUT2D eigenvalue weighted by molar-refractivity contribution is 0.253. The lowest BCUT2D eigenvalue weighted by atomic mass is 10.0. The molecule has 0 spiro atoms. The fourth-order valence-electron chi connectivity index (χ4n) is 1.17. The number of rotatable bonds is 0. The number of nitrogens with one attached hydrogen (secondary N) is 1. The lowest BCUT2D eigenvalue weighted by Gasteiger charge is -2.09. The Morgan fingerprint density at radius 3 is 3.15 bits per heavy atom. The Labute approximate surface area is 73.1 Å². The minimum atomic E-state index is -1.45. The number of amides is 2. The average Bonchev–Trinajstić information content (AvgIpc) is 2.42. The van der Waals surface area contributed by atoms with Crippen molar-refractivity contribution >= 4 is 11.7 Å². The highest BCUT2D eigenvalue weighted by molar-refractivity contribution is 6.19. The van der Waals surface area contributed by atoms with E-state index in [2.05, 4.69) is 10.3 Å². The van der Waals surface area contributed by atoms with Crippen LogP contribution in [-0.4, -0.2) is 17.9 Å². The summed E-state index contributed by atoms with van der Waals surface area (Å²) in [6.07, 6.45) is 0.998. The SMILES string of the molecule is N#CC1=CC2=NC(=O)NC2=CC1F. The van der Waals surface area contributed by atoms with E-state index in [1.165, 1.54) is 12.2 Å². The summed E-state index contributed by atoms with van der Waals surface area (Å²) in [5, 5.41) is 10.9. The summed E-state index contributed by atoms with van der Waals surface area (Å²) < 4.78 is 13.0. The molecule has 0 saturated carbocycles. The Bertz CT molecular complexity index is 414. The zero-order chi connectivity index (χ0) is 9.42. The van der Waals surface area contributed by atoms with Gasteiger partial charge in [-0.3, -0.25) is 0 Å². The van der Waals surface area contributed by atoms with Crippen LogP contribution in [0.2, 0.25) is 0 Å². The summed E-state index contributed by atoms with van der Waals surface area (Å²) in [4.78, 5) is 14.3. The molecule has 1 unspecified atom stereocenters. The molecule has 0 aromatic carbocycles. The average molecular weight is 177 g/mol. The monoisotopic (exact) mass is 177 g/mol. The fourth-order valence-corrected chi connectivity index (χ4v) is 1.17. The number of carbonyl (C=O) groups excluding carboxylic acids is 1. The van der Waals surface area contributed by atoms with Crippen molar-refractivity contribution in [2.75, 3.05) is 0 Å². The van der Waals surface area contributed by atoms with Gasteiger partial charge in [-0.2, -0.15) is 10.3 Å². The van der Waals surface area contributed by atoms with Crippen LogP contribution in [0.25, 0.3) is 0 Å². The van der Waals surface area contributed by atoms with Crippen LogP contribution in [0.5, 0.6) is 0 Å². The van der Waals surface area contributed by atoms with E-state index in [0.29, 0.717) is 11.4 Å². The smallest absolute Gasteiger partial charge is 0.304 e. The van der Waals surface area contributed by atoms with Crippen LogP contribution in [0.1, 0.15) is 0 Å². The predicted octanol–water partition coefficient (Wildman–Crippen LogP) is 0.836. The maximum absolute atomic E-state index is 13.0. The quantitative estimate of drug-likeness (QED) is 0.595. The molecule has 0 aromatic heterocycles. The Morgan fingerprint density at radius 2 is 2.46 bits per heavy atom. The molecule has 0 bridgehead atoms. The molecule has 0 aromatic rings. The van der Waals surface area contributed by atoms with Crippen LogP contribution < -0.4 is 5.32 Å². The highest BCUT2D eigenvalue weighted by Crippen LogP contribution is 2.19. The van der Waals surface area contributed by atoms with Gasteiger partial charge >= 0.3 is 6.03 Å². The molecule has 2 amide bonds. The number of allylic oxidation sites excluding steroid dienone is 3. The highest BCUT2D eigenvalue weighted by Gasteiger charge is 2.26. The zero-order valence-electron chi connectivity index (χ0n) is 6.41. The van der Waals surface area contributed by atoms with Gasteiger partial charge < -0.3 is 5.32 Å². The summed E-state index contributed by atoms with van der Waals surface area (Å²) in [6, 6.07) is 1.18. The topological polar surface area (TPSA) is 65.2 Å². The summed E-state index contributed by atoms with van der Waals surface area (Å²) in [5.74, 6) is 0. The number of aliphatic imine (C=N–C) groups is 1. The van der Waals surface area contributed by atoms with Gasteiger partial charge in [0.1, 0.15) is 0 Å². The number of carbonyl (C=O) groups is 1. The molecule has 2 rings (SSSR count). The van der Waals surface area contributed by atoms with Gasteiger partial charge in [-0.25, -0.2) is 9.18 Å². The largest absolute Gasteiger partial charge is 0.346 e. The molecule has 1 aliphatic carbocycles. The molecular formula is C8H4FN3O. The van der Waals surface area contributed by atoms with Gasteiger partial charge in [0.15, 0.2) is 6.17 Å². The molecular weight excluding hydrogens is 173 g/mol. The van der Waals surface area contributed by atoms with Crippen molar-refractivity contribution in [2.45, 2.75) is 6.17 Å². The number of urea groups is 1. The first-order chi connectivity index (χ1) is 6.20. The van der Waals surface area contributed by atoms with Crippen molar-refractivity contribution in [2.24, 2.45) is 4.99 Å². The first-order valence-electron chi connectivity index (χ1n) is 3.58. The molecule has 1 aliphatic heterocycles. The van der Waals surface area contributed by atoms with Crippen molar-refractivity contribution in [3.63, 3.8) is 0 Å². The van der Waals surface area contributed by atoms with Crippen LogP contribution >= 0.6 is 0 Å². The predicted molar refractivity (Wildman–Crippen MR) is 42.6 cm³/mol. The molecule has 4 nitrogen and oxygen atoms in total. The van der Waals surface area contributed by atoms with Crippen molar-refractivity contribution in [3.8, 4) is 6.07 Å². The minimum Gasteiger partial charge on any atom is -0.304 e. The molecule has 1 heterocycles. The van der Waals surface area contributed by atoms with Crippen LogP contribution in [0.3, 0.4) is 0 Å². The first kappa shape index (κ1) is 7.68. The van der Waals surface area contributed by atoms with Crippen molar-refractivity contribution in [3.05, 3.63) is 23.4 Å². The number of hydrogen-bond donors (Lipinski definition) is 1. The normalized spacial score (nSPS) is 25.1. The minimum absolute atomic E-state index is 0.0287. The van der Waals surface area contributed by atoms with E-state index < -0.39 is 12.2 Å². The van der Waals surface area contributed by atoms with E-state index in [1.807, 2.05) is 0 Å². The van der Waals surface area contributed by atoms with Gasteiger partial charge in [-0.1, -0.05) is 0 Å². The summed E-state index contributed by atoms with van der Waals surface area (Å²) in [5.41, 5.74) is 0.644. The second-order valence-electron chi connectivity index (χ2n) is 2.62. The standard InChI is InChI=1S/C8H4FN3O/c9-5-2-7-6(1-4(5)3-10)11-8(13)12-7/h1-2,5H,(H,12,13). The Balaban J connectivity index is 2.45. The molecule has 0 radical (unpaired) electrons. The van der Waals surface area contributed by atoms with Crippen molar-refractivity contribution in [1.29, 1.82) is 5.26 Å². The fraction of sp³-hybridized carbons (Fsp3) is 0.125. The Hall–Kier alpha value is -1.96. The molecule has 13 heavy (non-hydrogen) atoms. The van der Waals surface area contributed by atoms with Gasteiger partial charge in [0.2, 0.25) is 0 Å². The van der Waals surface area contributed by atoms with Crippen LogP contribution in [0.4, 0.5) is 9.18 Å². The van der Waals surface area contributed by atoms with Gasteiger partial charge in [0.25, 0.3) is 0 Å². The maximum atomic E-state index is 13.0. The number of nitrogens with zero attached hydrogens (tertiary/aromatic N) is 2. The molecule has 1 atom stereocenters. The van der Waals surface area contributed by atoms with E-state index in [-0.39, 0.29) is 5.57 Å². The third kappa shape index (κ3) is 1.12. The van der Waals surface area contributed by atoms with Gasteiger partial charge in [-0.05, 0) is 12.2 Å². The second kappa shape index (κ2) is 2.52. The van der Waals surface area contributed by atoms with E-state index in [1.54, 1.807) is 6.07 Å². The van der Waals surface area contributed by atoms with E-state index in [0.717, 1.165) is 0 Å². The Morgan fingerprint density at radius 1 is 1.69 bits per heavy atom. The number of halogens is 1. The van der Waals surface area contributed by atoms with Crippen molar-refractivity contribution in [1.82, 2.24) is 5.32 Å². The number of hydrogen-bond acceptors (Lipinski definition) is 2. The molecule has 64 valence electrons. The molecule has 2 aliphatic rings. The summed E-state index contributed by atoms with van der Waals surface area (Å²) in [6.45, 7) is 0. The van der Waals surface area contributed by atoms with Gasteiger partial charge in [0, 0.05) is 0 Å². The van der Waals surface area contributed by atoms with Crippen molar-refractivity contribution < 1.29 is 9.18 Å². The molecule has 0 fully saturated rings. The van der Waals surface area contributed by atoms with Crippen LogP contribution in [0.15, 0.2) is 28.4 Å². The number of nitriles is 1. The van der Waals surface area contributed by atoms with E-state index in [4.69, 9.17) is 5.26 Å². The first-order valence-corrected chi connectivity index (χ1v) is 3.58. The zero-order valence-corrected chi connectivity index (χ0v) is 6.41. The third-order valence-electron chi connectivity index (χ3n) is 1.77. The highest BCUT2D eigenvalue weighted by atomic mass is 19.1. The number of fused-ring (bicyclic) bond motifs is 1. The third-order valence-corrected chi connectivity index (χ3v) is 1.77. The molecule has 0 saturated heterocycles. The van der Waals surface area contributed by atoms with Gasteiger partial charge in [0.05, 0.1) is 23.1 Å². The van der Waals surface area contributed by atoms with Gasteiger partial charge in [-0.15, -0.1) is 0 Å². The van der Waals surface area contributed by atoms with E-state index >= 15 is 0 Å². The second-order valence-corrected chi connectivity index (χ2v) is 2.62. The van der Waals surface area contributed by atoms with E-state index in [9.17, 15) is 9.18 Å². The summed E-state index contributed by atoms with van der Waals surface area (Å²) >= 11 is 0. The number of alkyl halides is 1. The maximum Gasteiger partial charge on any atom is 0.346 e.